The first-order chi connectivity index (χ1) is 7.81. The summed E-state index contributed by atoms with van der Waals surface area (Å²) in [5.74, 6) is 0.600. The third-order valence-electron chi connectivity index (χ3n) is 5.30. The van der Waals surface area contributed by atoms with Crippen molar-refractivity contribution in [2.24, 2.45) is 5.92 Å². The molecular weight excluding hydrogens is 198 g/mol. The average Bonchev–Trinajstić information content (AvgIpc) is 2.75. The van der Waals surface area contributed by atoms with Crippen LogP contribution in [-0.4, -0.2) is 34.7 Å². The highest BCUT2D eigenvalue weighted by Crippen LogP contribution is 2.45. The summed E-state index contributed by atoms with van der Waals surface area (Å²) in [6, 6.07) is 0.510. The summed E-state index contributed by atoms with van der Waals surface area (Å²) >= 11 is 0. The molecule has 0 aromatic rings. The maximum absolute atomic E-state index is 11.1. The lowest BCUT2D eigenvalue weighted by atomic mass is 9.76. The van der Waals surface area contributed by atoms with Gasteiger partial charge in [-0.15, -0.1) is 0 Å². The van der Waals surface area contributed by atoms with Crippen molar-refractivity contribution in [3.8, 4) is 0 Å². The van der Waals surface area contributed by atoms with Crippen molar-refractivity contribution in [3.63, 3.8) is 0 Å². The Morgan fingerprint density at radius 3 is 2.38 bits per heavy atom. The molecule has 2 aliphatic heterocycles. The lowest BCUT2D eigenvalue weighted by Crippen LogP contribution is -2.47. The van der Waals surface area contributed by atoms with E-state index in [1.807, 2.05) is 0 Å². The second kappa shape index (κ2) is 4.30. The number of hydrogen-bond acceptors (Lipinski definition) is 2. The van der Waals surface area contributed by atoms with Crippen LogP contribution in [0.1, 0.15) is 57.8 Å². The van der Waals surface area contributed by atoms with Crippen LogP contribution < -0.4 is 0 Å². The van der Waals surface area contributed by atoms with Crippen molar-refractivity contribution < 1.29 is 5.11 Å². The third kappa shape index (κ3) is 1.70. The van der Waals surface area contributed by atoms with Crippen molar-refractivity contribution in [1.82, 2.24) is 4.90 Å². The number of nitrogens with zero attached hydrogens (tertiary/aromatic N) is 1. The lowest BCUT2D eigenvalue weighted by Gasteiger charge is -2.37. The van der Waals surface area contributed by atoms with Crippen LogP contribution in [0, 0.1) is 5.92 Å². The molecular formula is C14H25NO. The molecule has 0 bridgehead atoms. The highest BCUT2D eigenvalue weighted by Gasteiger charge is 2.51. The van der Waals surface area contributed by atoms with E-state index in [1.54, 1.807) is 0 Å². The summed E-state index contributed by atoms with van der Waals surface area (Å²) in [4.78, 5) is 2.55. The molecule has 0 aromatic heterocycles. The van der Waals surface area contributed by atoms with Gasteiger partial charge in [-0.2, -0.15) is 0 Å². The smallest absolute Gasteiger partial charge is 0.0842 e. The Morgan fingerprint density at radius 2 is 1.62 bits per heavy atom. The van der Waals surface area contributed by atoms with Crippen LogP contribution in [0.15, 0.2) is 0 Å². The SMILES string of the molecule is OC1(C2CCCCCC2)CCN2CCCC21. The summed E-state index contributed by atoms with van der Waals surface area (Å²) in [5, 5.41) is 11.1. The molecule has 3 aliphatic rings. The molecule has 0 aromatic carbocycles. The van der Waals surface area contributed by atoms with E-state index in [2.05, 4.69) is 4.90 Å². The van der Waals surface area contributed by atoms with Crippen molar-refractivity contribution >= 4 is 0 Å². The van der Waals surface area contributed by atoms with Gasteiger partial charge in [-0.05, 0) is 44.6 Å². The molecule has 16 heavy (non-hydrogen) atoms. The molecule has 3 fully saturated rings. The van der Waals surface area contributed by atoms with Gasteiger partial charge in [0.15, 0.2) is 0 Å². The largest absolute Gasteiger partial charge is 0.388 e. The Labute approximate surface area is 99.0 Å². The molecule has 2 nitrogen and oxygen atoms in total. The summed E-state index contributed by atoms with van der Waals surface area (Å²) < 4.78 is 0. The highest BCUT2D eigenvalue weighted by atomic mass is 16.3. The quantitative estimate of drug-likeness (QED) is 0.691. The second-order valence-corrected chi connectivity index (χ2v) is 6.12. The molecule has 0 amide bonds. The topological polar surface area (TPSA) is 23.5 Å². The molecule has 3 rings (SSSR count). The predicted molar refractivity (Wildman–Crippen MR) is 65.4 cm³/mol. The van der Waals surface area contributed by atoms with Crippen LogP contribution in [0.25, 0.3) is 0 Å². The van der Waals surface area contributed by atoms with Crippen LogP contribution in [-0.2, 0) is 0 Å². The molecule has 1 saturated carbocycles. The molecule has 1 aliphatic carbocycles. The summed E-state index contributed by atoms with van der Waals surface area (Å²) in [7, 11) is 0. The van der Waals surface area contributed by atoms with Crippen molar-refractivity contribution in [1.29, 1.82) is 0 Å². The van der Waals surface area contributed by atoms with E-state index in [0.717, 1.165) is 13.0 Å². The van der Waals surface area contributed by atoms with Crippen molar-refractivity contribution in [2.75, 3.05) is 13.1 Å². The normalized spacial score (nSPS) is 42.2. The lowest BCUT2D eigenvalue weighted by molar-refractivity contribution is -0.0453. The first kappa shape index (κ1) is 11.0. The zero-order valence-electron chi connectivity index (χ0n) is 10.3. The van der Waals surface area contributed by atoms with Crippen LogP contribution in [0.5, 0.6) is 0 Å². The molecule has 2 saturated heterocycles. The van der Waals surface area contributed by atoms with Gasteiger partial charge in [-0.3, -0.25) is 4.90 Å². The predicted octanol–water partition coefficient (Wildman–Crippen LogP) is 2.56. The summed E-state index contributed by atoms with van der Waals surface area (Å²) in [5.41, 5.74) is -0.319. The van der Waals surface area contributed by atoms with E-state index in [-0.39, 0.29) is 5.60 Å². The molecule has 1 N–H and O–H groups in total. The molecule has 2 unspecified atom stereocenters. The fraction of sp³-hybridized carbons (Fsp3) is 1.00. The third-order valence-corrected chi connectivity index (χ3v) is 5.30. The van der Waals surface area contributed by atoms with E-state index >= 15 is 0 Å². The van der Waals surface area contributed by atoms with E-state index < -0.39 is 0 Å². The first-order valence-corrected chi connectivity index (χ1v) is 7.27. The summed E-state index contributed by atoms with van der Waals surface area (Å²) in [6.07, 6.45) is 11.6. The average molecular weight is 223 g/mol. The Morgan fingerprint density at radius 1 is 0.875 bits per heavy atom. The molecule has 2 heteroatoms. The van der Waals surface area contributed by atoms with E-state index in [9.17, 15) is 5.11 Å². The Hall–Kier alpha value is -0.0800. The van der Waals surface area contributed by atoms with Crippen LogP contribution in [0.4, 0.5) is 0 Å². The van der Waals surface area contributed by atoms with Crippen LogP contribution in [0.2, 0.25) is 0 Å². The Balaban J connectivity index is 1.75. The minimum atomic E-state index is -0.319. The monoisotopic (exact) mass is 223 g/mol. The van der Waals surface area contributed by atoms with Gasteiger partial charge >= 0.3 is 0 Å². The maximum atomic E-state index is 11.1. The van der Waals surface area contributed by atoms with Gasteiger partial charge in [0.2, 0.25) is 0 Å². The van der Waals surface area contributed by atoms with Crippen molar-refractivity contribution in [3.05, 3.63) is 0 Å². The fourth-order valence-electron chi connectivity index (χ4n) is 4.40. The minimum absolute atomic E-state index is 0.319. The molecule has 2 atom stereocenters. The zero-order chi connectivity index (χ0) is 11.0. The van der Waals surface area contributed by atoms with Gasteiger partial charge in [0.1, 0.15) is 0 Å². The van der Waals surface area contributed by atoms with E-state index in [4.69, 9.17) is 0 Å². The molecule has 0 spiro atoms. The van der Waals surface area contributed by atoms with Gasteiger partial charge in [0.05, 0.1) is 5.60 Å². The molecule has 2 heterocycles. The first-order valence-electron chi connectivity index (χ1n) is 7.27. The number of hydrogen-bond donors (Lipinski definition) is 1. The van der Waals surface area contributed by atoms with Crippen LogP contribution >= 0.6 is 0 Å². The van der Waals surface area contributed by atoms with Gasteiger partial charge in [-0.1, -0.05) is 25.7 Å². The van der Waals surface area contributed by atoms with Gasteiger partial charge in [0.25, 0.3) is 0 Å². The molecule has 92 valence electrons. The fourth-order valence-corrected chi connectivity index (χ4v) is 4.40. The number of aliphatic hydroxyl groups is 1. The van der Waals surface area contributed by atoms with Gasteiger partial charge < -0.3 is 5.11 Å². The van der Waals surface area contributed by atoms with Gasteiger partial charge in [-0.25, -0.2) is 0 Å². The Bertz CT molecular complexity index is 247. The van der Waals surface area contributed by atoms with Crippen LogP contribution in [0.3, 0.4) is 0 Å². The maximum Gasteiger partial charge on any atom is 0.0842 e. The van der Waals surface area contributed by atoms with E-state index in [1.165, 1.54) is 57.9 Å². The molecule has 0 radical (unpaired) electrons. The van der Waals surface area contributed by atoms with Crippen molar-refractivity contribution in [2.45, 2.75) is 69.4 Å². The zero-order valence-corrected chi connectivity index (χ0v) is 10.3. The number of fused-ring (bicyclic) bond motifs is 1. The number of rotatable bonds is 1. The standard InChI is InChI=1S/C14H25NO/c16-14(12-6-3-1-2-4-7-12)9-11-15-10-5-8-13(14)15/h12-13,16H,1-11H2. The van der Waals surface area contributed by atoms with Gasteiger partial charge in [0, 0.05) is 12.6 Å². The second-order valence-electron chi connectivity index (χ2n) is 6.12. The van der Waals surface area contributed by atoms with E-state index in [0.29, 0.717) is 12.0 Å². The summed E-state index contributed by atoms with van der Waals surface area (Å²) in [6.45, 7) is 2.39. The Kier molecular flexibility index (Phi) is 2.97. The highest BCUT2D eigenvalue weighted by molar-refractivity contribution is 5.05. The minimum Gasteiger partial charge on any atom is -0.388 e.